The summed E-state index contributed by atoms with van der Waals surface area (Å²) in [5.41, 5.74) is 2.11. The first-order chi connectivity index (χ1) is 9.97. The van der Waals surface area contributed by atoms with Crippen LogP contribution in [0.3, 0.4) is 0 Å². The second-order valence-electron chi connectivity index (χ2n) is 4.63. The van der Waals surface area contributed by atoms with Crippen LogP contribution >= 0.6 is 0 Å². The fourth-order valence-corrected chi connectivity index (χ4v) is 2.00. The predicted molar refractivity (Wildman–Crippen MR) is 78.6 cm³/mol. The number of aromatic carboxylic acids is 1. The van der Waals surface area contributed by atoms with Gasteiger partial charge in [0.25, 0.3) is 5.69 Å². The number of hydrogen-bond donors (Lipinski definition) is 2. The lowest BCUT2D eigenvalue weighted by Gasteiger charge is -2.10. The minimum Gasteiger partial charge on any atom is -0.478 e. The van der Waals surface area contributed by atoms with Gasteiger partial charge in [-0.3, -0.25) is 10.1 Å². The molecule has 0 aliphatic rings. The normalized spacial score (nSPS) is 10.1. The van der Waals surface area contributed by atoms with Gasteiger partial charge in [-0.15, -0.1) is 0 Å². The maximum atomic E-state index is 11.2. The lowest BCUT2D eigenvalue weighted by molar-refractivity contribution is -0.384. The third-order valence-electron chi connectivity index (χ3n) is 3.01. The summed E-state index contributed by atoms with van der Waals surface area (Å²) in [6.07, 6.45) is 0. The lowest BCUT2D eigenvalue weighted by Crippen LogP contribution is -2.07. The van der Waals surface area contributed by atoms with E-state index in [0.717, 1.165) is 17.2 Å². The van der Waals surface area contributed by atoms with E-state index in [1.807, 2.05) is 31.2 Å². The molecule has 0 amide bonds. The van der Waals surface area contributed by atoms with Crippen LogP contribution in [0.25, 0.3) is 0 Å². The first kappa shape index (κ1) is 14.5. The average molecular weight is 286 g/mol. The Morgan fingerprint density at radius 2 is 2.05 bits per heavy atom. The summed E-state index contributed by atoms with van der Waals surface area (Å²) in [6.45, 7) is 2.41. The number of carbonyl (C=O) groups is 1. The van der Waals surface area contributed by atoms with Crippen LogP contribution in [-0.4, -0.2) is 16.0 Å². The molecule has 2 aromatic carbocycles. The largest absolute Gasteiger partial charge is 0.478 e. The highest BCUT2D eigenvalue weighted by Crippen LogP contribution is 2.23. The predicted octanol–water partition coefficient (Wildman–Crippen LogP) is 3.21. The van der Waals surface area contributed by atoms with Crippen LogP contribution < -0.4 is 5.32 Å². The van der Waals surface area contributed by atoms with Crippen LogP contribution in [0.1, 0.15) is 21.5 Å². The summed E-state index contributed by atoms with van der Waals surface area (Å²) in [7, 11) is 0. The van der Waals surface area contributed by atoms with Crippen molar-refractivity contribution in [3.63, 3.8) is 0 Å². The van der Waals surface area contributed by atoms with E-state index < -0.39 is 10.9 Å². The molecule has 0 radical (unpaired) electrons. The number of nitrogens with zero attached hydrogens (tertiary/aromatic N) is 1. The quantitative estimate of drug-likeness (QED) is 0.650. The van der Waals surface area contributed by atoms with E-state index in [-0.39, 0.29) is 11.3 Å². The van der Waals surface area contributed by atoms with E-state index in [0.29, 0.717) is 12.2 Å². The Balaban J connectivity index is 2.23. The van der Waals surface area contributed by atoms with Gasteiger partial charge >= 0.3 is 5.97 Å². The van der Waals surface area contributed by atoms with Gasteiger partial charge in [-0.2, -0.15) is 0 Å². The Hall–Kier alpha value is -2.89. The number of benzene rings is 2. The summed E-state index contributed by atoms with van der Waals surface area (Å²) in [6, 6.07) is 11.5. The van der Waals surface area contributed by atoms with Crippen LogP contribution in [0, 0.1) is 17.0 Å². The molecule has 6 heteroatoms. The second kappa shape index (κ2) is 6.04. The van der Waals surface area contributed by atoms with Gasteiger partial charge in [-0.05, 0) is 18.6 Å². The molecule has 0 spiro atoms. The summed E-state index contributed by atoms with van der Waals surface area (Å²) < 4.78 is 0. The zero-order valence-electron chi connectivity index (χ0n) is 11.4. The third-order valence-corrected chi connectivity index (χ3v) is 3.01. The van der Waals surface area contributed by atoms with Gasteiger partial charge in [0.05, 0.1) is 10.5 Å². The van der Waals surface area contributed by atoms with Gasteiger partial charge in [0, 0.05) is 24.4 Å². The van der Waals surface area contributed by atoms with Crippen LogP contribution in [-0.2, 0) is 6.54 Å². The molecule has 21 heavy (non-hydrogen) atoms. The van der Waals surface area contributed by atoms with Gasteiger partial charge in [-0.25, -0.2) is 4.79 Å². The van der Waals surface area contributed by atoms with Crippen LogP contribution in [0.15, 0.2) is 42.5 Å². The van der Waals surface area contributed by atoms with Crippen LogP contribution in [0.5, 0.6) is 0 Å². The standard InChI is InChI=1S/C15H14N2O4/c1-10-3-2-4-11(7-10)9-16-14-6-5-12(17(20)21)8-13(14)15(18)19/h2-8,16H,9H2,1H3,(H,18,19). The molecule has 0 fully saturated rings. The number of rotatable bonds is 5. The highest BCUT2D eigenvalue weighted by molar-refractivity contribution is 5.95. The molecule has 0 bridgehead atoms. The molecule has 0 aromatic heterocycles. The van der Waals surface area contributed by atoms with Crippen LogP contribution in [0.4, 0.5) is 11.4 Å². The highest BCUT2D eigenvalue weighted by Gasteiger charge is 2.15. The summed E-state index contributed by atoms with van der Waals surface area (Å²) in [5.74, 6) is -1.20. The van der Waals surface area contributed by atoms with E-state index in [1.54, 1.807) is 0 Å². The molecule has 2 aromatic rings. The van der Waals surface area contributed by atoms with Gasteiger partial charge in [0.15, 0.2) is 0 Å². The first-order valence-electron chi connectivity index (χ1n) is 6.28. The highest BCUT2D eigenvalue weighted by atomic mass is 16.6. The fourth-order valence-electron chi connectivity index (χ4n) is 2.00. The summed E-state index contributed by atoms with van der Waals surface area (Å²) in [4.78, 5) is 21.3. The molecule has 108 valence electrons. The Morgan fingerprint density at radius 1 is 1.29 bits per heavy atom. The Morgan fingerprint density at radius 3 is 2.67 bits per heavy atom. The zero-order valence-corrected chi connectivity index (χ0v) is 11.4. The molecular formula is C15H14N2O4. The van der Waals surface area contributed by atoms with E-state index in [2.05, 4.69) is 5.32 Å². The van der Waals surface area contributed by atoms with Crippen molar-refractivity contribution < 1.29 is 14.8 Å². The molecule has 0 aliphatic carbocycles. The number of carboxylic acids is 1. The molecule has 2 rings (SSSR count). The van der Waals surface area contributed by atoms with Crippen molar-refractivity contribution in [2.45, 2.75) is 13.5 Å². The Labute approximate surface area is 121 Å². The van der Waals surface area contributed by atoms with E-state index in [1.165, 1.54) is 12.1 Å². The second-order valence-corrected chi connectivity index (χ2v) is 4.63. The number of nitro benzene ring substituents is 1. The maximum absolute atomic E-state index is 11.2. The third kappa shape index (κ3) is 3.56. The van der Waals surface area contributed by atoms with Gasteiger partial charge in [0.2, 0.25) is 0 Å². The van der Waals surface area contributed by atoms with Gasteiger partial charge in [0.1, 0.15) is 0 Å². The number of hydrogen-bond acceptors (Lipinski definition) is 4. The average Bonchev–Trinajstić information content (AvgIpc) is 2.44. The minimum absolute atomic E-state index is 0.114. The number of anilines is 1. The van der Waals surface area contributed by atoms with Gasteiger partial charge in [-0.1, -0.05) is 29.8 Å². The number of nitro groups is 1. The van der Waals surface area contributed by atoms with Crippen molar-refractivity contribution in [1.29, 1.82) is 0 Å². The van der Waals surface area contributed by atoms with Crippen molar-refractivity contribution in [2.75, 3.05) is 5.32 Å². The smallest absolute Gasteiger partial charge is 0.338 e. The number of non-ortho nitro benzene ring substituents is 1. The molecule has 0 aliphatic heterocycles. The van der Waals surface area contributed by atoms with Crippen molar-refractivity contribution in [3.8, 4) is 0 Å². The van der Waals surface area contributed by atoms with Crippen molar-refractivity contribution in [2.24, 2.45) is 0 Å². The number of carboxylic acid groups (broad SMARTS) is 1. The van der Waals surface area contributed by atoms with Crippen molar-refractivity contribution >= 4 is 17.3 Å². The maximum Gasteiger partial charge on any atom is 0.338 e. The molecule has 0 heterocycles. The van der Waals surface area contributed by atoms with Crippen LogP contribution in [0.2, 0.25) is 0 Å². The van der Waals surface area contributed by atoms with Gasteiger partial charge < -0.3 is 10.4 Å². The SMILES string of the molecule is Cc1cccc(CNc2ccc([N+](=O)[O-])cc2C(=O)O)c1. The van der Waals surface area contributed by atoms with E-state index in [9.17, 15) is 14.9 Å². The molecular weight excluding hydrogens is 272 g/mol. The monoisotopic (exact) mass is 286 g/mol. The molecule has 2 N–H and O–H groups in total. The Bertz CT molecular complexity index is 698. The van der Waals surface area contributed by atoms with E-state index >= 15 is 0 Å². The minimum atomic E-state index is -1.20. The molecule has 0 atom stereocenters. The molecule has 6 nitrogen and oxygen atoms in total. The van der Waals surface area contributed by atoms with Crippen molar-refractivity contribution in [3.05, 3.63) is 69.3 Å². The first-order valence-corrected chi connectivity index (χ1v) is 6.28. The summed E-state index contributed by atoms with van der Waals surface area (Å²) >= 11 is 0. The molecule has 0 saturated heterocycles. The number of aryl methyl sites for hydroxylation is 1. The Kier molecular flexibility index (Phi) is 4.18. The van der Waals surface area contributed by atoms with Crippen molar-refractivity contribution in [1.82, 2.24) is 0 Å². The molecule has 0 unspecified atom stereocenters. The lowest BCUT2D eigenvalue weighted by atomic mass is 10.1. The van der Waals surface area contributed by atoms with E-state index in [4.69, 9.17) is 5.11 Å². The topological polar surface area (TPSA) is 92.5 Å². The zero-order chi connectivity index (χ0) is 15.4. The fraction of sp³-hybridized carbons (Fsp3) is 0.133. The molecule has 0 saturated carbocycles. The number of nitrogens with one attached hydrogen (secondary N) is 1. The summed E-state index contributed by atoms with van der Waals surface area (Å²) in [5, 5.41) is 22.8.